The van der Waals surface area contributed by atoms with Gasteiger partial charge in [0.15, 0.2) is 0 Å². The van der Waals surface area contributed by atoms with Gasteiger partial charge in [-0.05, 0) is 35.9 Å². The molecule has 0 aliphatic heterocycles. The Hall–Kier alpha value is -3.59. The molecule has 2 aromatic carbocycles. The summed E-state index contributed by atoms with van der Waals surface area (Å²) in [5, 5.41) is 14.6. The number of carbonyl (C=O) groups is 2. The van der Waals surface area contributed by atoms with E-state index in [1.54, 1.807) is 48.5 Å². The summed E-state index contributed by atoms with van der Waals surface area (Å²) in [6, 6.07) is 15.6. The second-order valence-corrected chi connectivity index (χ2v) is 5.13. The molecule has 0 aromatic heterocycles. The topological polar surface area (TPSA) is 91.2 Å². The lowest BCUT2D eigenvalue weighted by Crippen LogP contribution is -2.14. The van der Waals surface area contributed by atoms with Crippen LogP contribution in [0.5, 0.6) is 5.75 Å². The molecule has 0 saturated heterocycles. The van der Waals surface area contributed by atoms with E-state index in [2.05, 4.69) is 10.6 Å². The fraction of sp³-hybridized carbons (Fsp3) is 0.105. The predicted octanol–water partition coefficient (Wildman–Crippen LogP) is 3.20. The highest BCUT2D eigenvalue weighted by Crippen LogP contribution is 2.23. The van der Waals surface area contributed by atoms with E-state index in [0.717, 1.165) is 0 Å². The molecule has 0 aliphatic carbocycles. The highest BCUT2D eigenvalue weighted by molar-refractivity contribution is 6.10. The molecule has 25 heavy (non-hydrogen) atoms. The van der Waals surface area contributed by atoms with Gasteiger partial charge in [-0.15, -0.1) is 0 Å². The van der Waals surface area contributed by atoms with Crippen molar-refractivity contribution < 1.29 is 14.3 Å². The standard InChI is InChI=1S/C19H17N3O3/c1-13(23)21-16-9-7-14(8-10-16)11-15(12-20)19(24)22-17-5-3-4-6-18(17)25-2/h3-11H,1-2H3,(H,21,23)(H,22,24)/b15-11+. The molecule has 0 bridgehead atoms. The SMILES string of the molecule is COc1ccccc1NC(=O)/C(C#N)=C/c1ccc(NC(C)=O)cc1. The number of carbonyl (C=O) groups excluding carboxylic acids is 2. The lowest BCUT2D eigenvalue weighted by molar-refractivity contribution is -0.114. The first-order valence-corrected chi connectivity index (χ1v) is 7.47. The number of rotatable bonds is 5. The van der Waals surface area contributed by atoms with Gasteiger partial charge in [0.25, 0.3) is 5.91 Å². The number of hydrogen-bond acceptors (Lipinski definition) is 4. The van der Waals surface area contributed by atoms with Crippen LogP contribution in [0.25, 0.3) is 6.08 Å². The van der Waals surface area contributed by atoms with Crippen LogP contribution in [-0.4, -0.2) is 18.9 Å². The molecular weight excluding hydrogens is 318 g/mol. The molecule has 0 aliphatic rings. The lowest BCUT2D eigenvalue weighted by atomic mass is 10.1. The Balaban J connectivity index is 2.18. The van der Waals surface area contributed by atoms with E-state index in [1.807, 2.05) is 6.07 Å². The highest BCUT2D eigenvalue weighted by Gasteiger charge is 2.12. The smallest absolute Gasteiger partial charge is 0.266 e. The lowest BCUT2D eigenvalue weighted by Gasteiger charge is -2.09. The van der Waals surface area contributed by atoms with Gasteiger partial charge < -0.3 is 15.4 Å². The van der Waals surface area contributed by atoms with Gasteiger partial charge in [0.05, 0.1) is 12.8 Å². The summed E-state index contributed by atoms with van der Waals surface area (Å²) < 4.78 is 5.17. The summed E-state index contributed by atoms with van der Waals surface area (Å²) >= 11 is 0. The van der Waals surface area contributed by atoms with Gasteiger partial charge in [0.1, 0.15) is 17.4 Å². The van der Waals surface area contributed by atoms with E-state index in [0.29, 0.717) is 22.7 Å². The van der Waals surface area contributed by atoms with Gasteiger partial charge in [-0.2, -0.15) is 5.26 Å². The molecule has 0 unspecified atom stereocenters. The van der Waals surface area contributed by atoms with E-state index >= 15 is 0 Å². The quantitative estimate of drug-likeness (QED) is 0.648. The number of nitriles is 1. The fourth-order valence-electron chi connectivity index (χ4n) is 2.12. The van der Waals surface area contributed by atoms with E-state index in [-0.39, 0.29) is 11.5 Å². The Bertz CT molecular complexity index is 849. The van der Waals surface area contributed by atoms with Crippen LogP contribution < -0.4 is 15.4 Å². The third-order valence-electron chi connectivity index (χ3n) is 3.26. The molecule has 0 saturated carbocycles. The van der Waals surface area contributed by atoms with Crippen LogP contribution in [0.2, 0.25) is 0 Å². The molecule has 0 heterocycles. The van der Waals surface area contributed by atoms with Crippen LogP contribution >= 0.6 is 0 Å². The highest BCUT2D eigenvalue weighted by atomic mass is 16.5. The number of nitrogens with zero attached hydrogens (tertiary/aromatic N) is 1. The molecule has 0 atom stereocenters. The number of benzene rings is 2. The Morgan fingerprint density at radius 2 is 1.76 bits per heavy atom. The van der Waals surface area contributed by atoms with Crippen LogP contribution in [0.4, 0.5) is 11.4 Å². The third kappa shape index (κ3) is 4.94. The maximum atomic E-state index is 12.3. The predicted molar refractivity (Wildman–Crippen MR) is 96.0 cm³/mol. The zero-order valence-electron chi connectivity index (χ0n) is 13.9. The number of methoxy groups -OCH3 is 1. The molecule has 6 heteroatoms. The van der Waals surface area contributed by atoms with Crippen LogP contribution in [0.1, 0.15) is 12.5 Å². The summed E-state index contributed by atoms with van der Waals surface area (Å²) in [5.41, 5.74) is 1.75. The fourth-order valence-corrected chi connectivity index (χ4v) is 2.12. The molecule has 2 aromatic rings. The normalized spacial score (nSPS) is 10.5. The van der Waals surface area contributed by atoms with Crippen molar-refractivity contribution >= 4 is 29.3 Å². The molecule has 6 nitrogen and oxygen atoms in total. The summed E-state index contributed by atoms with van der Waals surface area (Å²) in [5.74, 6) is -0.192. The maximum absolute atomic E-state index is 12.3. The molecular formula is C19H17N3O3. The van der Waals surface area contributed by atoms with E-state index in [4.69, 9.17) is 4.74 Å². The Morgan fingerprint density at radius 1 is 1.08 bits per heavy atom. The largest absolute Gasteiger partial charge is 0.495 e. The molecule has 2 rings (SSSR count). The monoisotopic (exact) mass is 335 g/mol. The average molecular weight is 335 g/mol. The van der Waals surface area contributed by atoms with Crippen molar-refractivity contribution in [3.05, 3.63) is 59.7 Å². The molecule has 0 radical (unpaired) electrons. The van der Waals surface area contributed by atoms with Gasteiger partial charge >= 0.3 is 0 Å². The summed E-state index contributed by atoms with van der Waals surface area (Å²) in [4.78, 5) is 23.3. The van der Waals surface area contributed by atoms with Crippen LogP contribution in [-0.2, 0) is 9.59 Å². The summed E-state index contributed by atoms with van der Waals surface area (Å²) in [6.07, 6.45) is 1.47. The summed E-state index contributed by atoms with van der Waals surface area (Å²) in [6.45, 7) is 1.42. The first-order valence-electron chi connectivity index (χ1n) is 7.47. The minimum absolute atomic E-state index is 0.0433. The Kier molecular flexibility index (Phi) is 5.91. The number of amides is 2. The summed E-state index contributed by atoms with van der Waals surface area (Å²) in [7, 11) is 1.50. The van der Waals surface area contributed by atoms with Crippen molar-refractivity contribution in [2.24, 2.45) is 0 Å². The molecule has 2 N–H and O–H groups in total. The number of nitrogens with one attached hydrogen (secondary N) is 2. The number of ether oxygens (including phenoxy) is 1. The van der Waals surface area contributed by atoms with Crippen molar-refractivity contribution in [3.63, 3.8) is 0 Å². The zero-order valence-corrected chi connectivity index (χ0v) is 13.9. The molecule has 0 spiro atoms. The van der Waals surface area contributed by atoms with Gasteiger partial charge in [-0.1, -0.05) is 24.3 Å². The van der Waals surface area contributed by atoms with E-state index < -0.39 is 5.91 Å². The number of anilines is 2. The number of hydrogen-bond donors (Lipinski definition) is 2. The number of para-hydroxylation sites is 2. The van der Waals surface area contributed by atoms with Crippen LogP contribution in [0.15, 0.2) is 54.1 Å². The minimum Gasteiger partial charge on any atom is -0.495 e. The molecule has 2 amide bonds. The Morgan fingerprint density at radius 3 is 2.36 bits per heavy atom. The minimum atomic E-state index is -0.530. The van der Waals surface area contributed by atoms with Gasteiger partial charge in [0, 0.05) is 12.6 Å². The van der Waals surface area contributed by atoms with E-state index in [9.17, 15) is 14.9 Å². The van der Waals surface area contributed by atoms with Gasteiger partial charge in [0.2, 0.25) is 5.91 Å². The zero-order chi connectivity index (χ0) is 18.2. The van der Waals surface area contributed by atoms with E-state index in [1.165, 1.54) is 20.1 Å². The third-order valence-corrected chi connectivity index (χ3v) is 3.26. The first-order chi connectivity index (χ1) is 12.0. The Labute approximate surface area is 145 Å². The molecule has 0 fully saturated rings. The van der Waals surface area contributed by atoms with Gasteiger partial charge in [-0.25, -0.2) is 0 Å². The molecule has 126 valence electrons. The van der Waals surface area contributed by atoms with Crippen LogP contribution in [0.3, 0.4) is 0 Å². The van der Waals surface area contributed by atoms with Crippen molar-refractivity contribution in [1.29, 1.82) is 5.26 Å². The van der Waals surface area contributed by atoms with Crippen molar-refractivity contribution in [2.45, 2.75) is 6.92 Å². The van der Waals surface area contributed by atoms with Crippen molar-refractivity contribution in [2.75, 3.05) is 17.7 Å². The second kappa shape index (κ2) is 8.31. The first kappa shape index (κ1) is 17.8. The second-order valence-electron chi connectivity index (χ2n) is 5.13. The van der Waals surface area contributed by atoms with Crippen LogP contribution in [0, 0.1) is 11.3 Å². The van der Waals surface area contributed by atoms with Crippen molar-refractivity contribution in [1.82, 2.24) is 0 Å². The van der Waals surface area contributed by atoms with Crippen molar-refractivity contribution in [3.8, 4) is 11.8 Å². The maximum Gasteiger partial charge on any atom is 0.266 e. The average Bonchev–Trinajstić information content (AvgIpc) is 2.61. The van der Waals surface area contributed by atoms with Gasteiger partial charge in [-0.3, -0.25) is 9.59 Å².